The second-order valence-corrected chi connectivity index (χ2v) is 4.57. The van der Waals surface area contributed by atoms with Gasteiger partial charge in [-0.3, -0.25) is 4.98 Å². The molecular weight excluding hydrogens is 262 g/mol. The van der Waals surface area contributed by atoms with E-state index in [0.717, 1.165) is 16.7 Å². The Labute approximate surface area is 116 Å². The van der Waals surface area contributed by atoms with E-state index in [1.165, 1.54) is 6.08 Å². The second-order valence-electron chi connectivity index (χ2n) is 4.14. The smallest absolute Gasteiger partial charge is 0.328 e. The normalized spacial score (nSPS) is 11.4. The predicted octanol–water partition coefficient (Wildman–Crippen LogP) is 3.89. The van der Waals surface area contributed by atoms with Gasteiger partial charge in [-0.2, -0.15) is 0 Å². The van der Waals surface area contributed by atoms with Crippen molar-refractivity contribution >= 4 is 23.1 Å². The van der Waals surface area contributed by atoms with Crippen molar-refractivity contribution in [2.45, 2.75) is 6.92 Å². The SMILES string of the molecule is C/C(=C\C(=O)O)c1cncc(-c2cccc(Cl)c2)c1. The number of aliphatic carboxylic acids is 1. The third-order valence-corrected chi connectivity index (χ3v) is 2.93. The van der Waals surface area contributed by atoms with Gasteiger partial charge in [0.2, 0.25) is 0 Å². The summed E-state index contributed by atoms with van der Waals surface area (Å²) in [6.45, 7) is 1.74. The molecule has 19 heavy (non-hydrogen) atoms. The van der Waals surface area contributed by atoms with Gasteiger partial charge in [0, 0.05) is 29.1 Å². The van der Waals surface area contributed by atoms with Crippen molar-refractivity contribution < 1.29 is 9.90 Å². The summed E-state index contributed by atoms with van der Waals surface area (Å²) in [4.78, 5) is 14.8. The number of pyridine rings is 1. The van der Waals surface area contributed by atoms with Gasteiger partial charge in [-0.25, -0.2) is 4.79 Å². The van der Waals surface area contributed by atoms with Gasteiger partial charge in [-0.1, -0.05) is 23.7 Å². The molecule has 0 amide bonds. The number of carboxylic acid groups (broad SMARTS) is 1. The number of carbonyl (C=O) groups is 1. The van der Waals surface area contributed by atoms with E-state index in [4.69, 9.17) is 16.7 Å². The Bertz CT molecular complexity index is 650. The summed E-state index contributed by atoms with van der Waals surface area (Å²) in [6.07, 6.45) is 4.53. The number of nitrogens with zero attached hydrogens (tertiary/aromatic N) is 1. The van der Waals surface area contributed by atoms with Gasteiger partial charge in [0.1, 0.15) is 0 Å². The van der Waals surface area contributed by atoms with E-state index in [0.29, 0.717) is 10.6 Å². The molecule has 0 saturated carbocycles. The van der Waals surface area contributed by atoms with Crippen LogP contribution < -0.4 is 0 Å². The molecule has 3 nitrogen and oxygen atoms in total. The molecule has 96 valence electrons. The number of hydrogen-bond acceptors (Lipinski definition) is 2. The lowest BCUT2D eigenvalue weighted by molar-refractivity contribution is -0.131. The molecule has 2 aromatic rings. The summed E-state index contributed by atoms with van der Waals surface area (Å²) < 4.78 is 0. The number of allylic oxidation sites excluding steroid dienone is 1. The largest absolute Gasteiger partial charge is 0.478 e. The van der Waals surface area contributed by atoms with E-state index in [1.54, 1.807) is 25.4 Å². The van der Waals surface area contributed by atoms with E-state index in [1.807, 2.05) is 24.3 Å². The van der Waals surface area contributed by atoms with Crippen molar-refractivity contribution in [3.05, 3.63) is 59.4 Å². The van der Waals surface area contributed by atoms with Crippen molar-refractivity contribution in [1.82, 2.24) is 4.98 Å². The predicted molar refractivity (Wildman–Crippen MR) is 76.0 cm³/mol. The van der Waals surface area contributed by atoms with Crippen LogP contribution in [0, 0.1) is 0 Å². The first-order valence-corrected chi connectivity index (χ1v) is 6.06. The van der Waals surface area contributed by atoms with Crippen LogP contribution in [-0.4, -0.2) is 16.1 Å². The minimum atomic E-state index is -0.967. The highest BCUT2D eigenvalue weighted by atomic mass is 35.5. The topological polar surface area (TPSA) is 50.2 Å². The first-order chi connectivity index (χ1) is 9.06. The fourth-order valence-electron chi connectivity index (χ4n) is 1.75. The number of carboxylic acids is 1. The molecule has 0 aliphatic carbocycles. The molecule has 0 spiro atoms. The maximum Gasteiger partial charge on any atom is 0.328 e. The van der Waals surface area contributed by atoms with Crippen LogP contribution >= 0.6 is 11.6 Å². The zero-order chi connectivity index (χ0) is 13.8. The van der Waals surface area contributed by atoms with Crippen LogP contribution in [0.15, 0.2) is 48.8 Å². The van der Waals surface area contributed by atoms with Crippen molar-refractivity contribution in [1.29, 1.82) is 0 Å². The van der Waals surface area contributed by atoms with Gasteiger partial charge in [0.25, 0.3) is 0 Å². The summed E-state index contributed by atoms with van der Waals surface area (Å²) in [6, 6.07) is 9.34. The number of benzene rings is 1. The number of halogens is 1. The standard InChI is InChI=1S/C15H12ClNO2/c1-10(5-15(18)19)12-6-13(9-17-8-12)11-3-2-4-14(16)7-11/h2-9H,1H3,(H,18,19)/b10-5+. The summed E-state index contributed by atoms with van der Waals surface area (Å²) in [5.41, 5.74) is 3.28. The maximum absolute atomic E-state index is 10.7. The minimum Gasteiger partial charge on any atom is -0.478 e. The summed E-state index contributed by atoms with van der Waals surface area (Å²) in [5.74, 6) is -0.967. The summed E-state index contributed by atoms with van der Waals surface area (Å²) >= 11 is 5.96. The molecule has 2 rings (SSSR count). The van der Waals surface area contributed by atoms with Crippen LogP contribution in [0.4, 0.5) is 0 Å². The van der Waals surface area contributed by atoms with E-state index in [9.17, 15) is 4.79 Å². The molecule has 0 bridgehead atoms. The molecule has 1 heterocycles. The van der Waals surface area contributed by atoms with Crippen molar-refractivity contribution in [3.8, 4) is 11.1 Å². The third-order valence-electron chi connectivity index (χ3n) is 2.69. The van der Waals surface area contributed by atoms with Crippen molar-refractivity contribution in [3.63, 3.8) is 0 Å². The van der Waals surface area contributed by atoms with Crippen LogP contribution in [0.3, 0.4) is 0 Å². The van der Waals surface area contributed by atoms with Gasteiger partial charge in [-0.15, -0.1) is 0 Å². The minimum absolute atomic E-state index is 0.653. The van der Waals surface area contributed by atoms with Gasteiger partial charge in [0.05, 0.1) is 0 Å². The third kappa shape index (κ3) is 3.42. The molecular formula is C15H12ClNO2. The van der Waals surface area contributed by atoms with Crippen LogP contribution in [0.1, 0.15) is 12.5 Å². The molecule has 0 aliphatic heterocycles. The second kappa shape index (κ2) is 5.67. The van der Waals surface area contributed by atoms with Gasteiger partial charge in [0.15, 0.2) is 0 Å². The van der Waals surface area contributed by atoms with Crippen LogP contribution in [-0.2, 0) is 4.79 Å². The van der Waals surface area contributed by atoms with Crippen molar-refractivity contribution in [2.24, 2.45) is 0 Å². The summed E-state index contributed by atoms with van der Waals surface area (Å²) in [7, 11) is 0. The zero-order valence-electron chi connectivity index (χ0n) is 10.3. The lowest BCUT2D eigenvalue weighted by Gasteiger charge is -2.05. The highest BCUT2D eigenvalue weighted by molar-refractivity contribution is 6.30. The highest BCUT2D eigenvalue weighted by Crippen LogP contribution is 2.24. The Kier molecular flexibility index (Phi) is 3.97. The molecule has 1 aromatic carbocycles. The lowest BCUT2D eigenvalue weighted by atomic mass is 10.0. The first-order valence-electron chi connectivity index (χ1n) is 5.69. The molecule has 0 saturated heterocycles. The number of aromatic nitrogens is 1. The molecule has 0 aliphatic rings. The average Bonchev–Trinajstić information content (AvgIpc) is 2.38. The Morgan fingerprint density at radius 3 is 2.74 bits per heavy atom. The molecule has 0 atom stereocenters. The van der Waals surface area contributed by atoms with E-state index in [2.05, 4.69) is 4.98 Å². The Hall–Kier alpha value is -2.13. The van der Waals surface area contributed by atoms with Crippen LogP contribution in [0.2, 0.25) is 5.02 Å². The first kappa shape index (κ1) is 13.3. The lowest BCUT2D eigenvalue weighted by Crippen LogP contribution is -1.91. The molecule has 0 fully saturated rings. The van der Waals surface area contributed by atoms with E-state index in [-0.39, 0.29) is 0 Å². The van der Waals surface area contributed by atoms with E-state index >= 15 is 0 Å². The molecule has 0 radical (unpaired) electrons. The van der Waals surface area contributed by atoms with Gasteiger partial charge >= 0.3 is 5.97 Å². The van der Waals surface area contributed by atoms with Crippen molar-refractivity contribution in [2.75, 3.05) is 0 Å². The van der Waals surface area contributed by atoms with Crippen LogP contribution in [0.5, 0.6) is 0 Å². The number of rotatable bonds is 3. The molecule has 4 heteroatoms. The average molecular weight is 274 g/mol. The molecule has 1 aromatic heterocycles. The Morgan fingerprint density at radius 2 is 2.05 bits per heavy atom. The van der Waals surface area contributed by atoms with Crippen LogP contribution in [0.25, 0.3) is 16.7 Å². The zero-order valence-corrected chi connectivity index (χ0v) is 11.1. The maximum atomic E-state index is 10.7. The molecule has 1 N–H and O–H groups in total. The molecule has 0 unspecified atom stereocenters. The number of hydrogen-bond donors (Lipinski definition) is 1. The van der Waals surface area contributed by atoms with E-state index < -0.39 is 5.97 Å². The van der Waals surface area contributed by atoms with Gasteiger partial charge in [-0.05, 0) is 41.8 Å². The summed E-state index contributed by atoms with van der Waals surface area (Å²) in [5, 5.41) is 9.41. The fraction of sp³-hybridized carbons (Fsp3) is 0.0667. The Morgan fingerprint density at radius 1 is 1.26 bits per heavy atom. The fourth-order valence-corrected chi connectivity index (χ4v) is 1.94. The Balaban J connectivity index is 2.42. The monoisotopic (exact) mass is 273 g/mol. The van der Waals surface area contributed by atoms with Gasteiger partial charge < -0.3 is 5.11 Å². The highest BCUT2D eigenvalue weighted by Gasteiger charge is 2.03. The quantitative estimate of drug-likeness (QED) is 0.863.